The molecule has 0 aliphatic carbocycles. The van der Waals surface area contributed by atoms with Crippen LogP contribution in [0.3, 0.4) is 0 Å². The van der Waals surface area contributed by atoms with E-state index in [0.717, 1.165) is 31.3 Å². The van der Waals surface area contributed by atoms with E-state index < -0.39 is 23.4 Å². The Balaban J connectivity index is 1.42. The standard InChI is InChI=1S/C30H46O8/c1-6-7-8-9-10-26-29(4,33)13-11-23-24(36-26)12-14-30(5)27(37-23)17-25-28(38-30)22(32)16-21(35-25)15-19(2)18-34-20(3)31/h6-8,21-28,32-33H,1-2,9-18H2,3-5H3/b8-7-/t21-,22+,23-,24+,25-,26-,27+,28+,29+,30-/m1/s1. The van der Waals surface area contributed by atoms with E-state index in [4.69, 9.17) is 23.7 Å². The summed E-state index contributed by atoms with van der Waals surface area (Å²) in [5.74, 6) is -0.348. The van der Waals surface area contributed by atoms with Gasteiger partial charge in [0.15, 0.2) is 0 Å². The zero-order chi connectivity index (χ0) is 27.5. The zero-order valence-electron chi connectivity index (χ0n) is 23.2. The molecule has 4 saturated heterocycles. The van der Waals surface area contributed by atoms with Crippen LogP contribution in [0.1, 0.15) is 78.6 Å². The summed E-state index contributed by atoms with van der Waals surface area (Å²) in [5, 5.41) is 22.2. The first-order chi connectivity index (χ1) is 18.0. The lowest BCUT2D eigenvalue weighted by Crippen LogP contribution is -2.62. The monoisotopic (exact) mass is 534 g/mol. The summed E-state index contributed by atoms with van der Waals surface area (Å²) in [6, 6.07) is 0. The molecule has 0 radical (unpaired) electrons. The molecule has 0 saturated carbocycles. The molecule has 0 aromatic heterocycles. The van der Waals surface area contributed by atoms with Crippen LogP contribution in [0.4, 0.5) is 0 Å². The molecule has 38 heavy (non-hydrogen) atoms. The van der Waals surface area contributed by atoms with Crippen molar-refractivity contribution in [1.29, 1.82) is 0 Å². The van der Waals surface area contributed by atoms with E-state index in [-0.39, 0.29) is 49.2 Å². The highest BCUT2D eigenvalue weighted by Crippen LogP contribution is 2.45. The lowest BCUT2D eigenvalue weighted by Gasteiger charge is -2.51. The molecule has 214 valence electrons. The van der Waals surface area contributed by atoms with Crippen LogP contribution in [-0.4, -0.2) is 82.8 Å². The number of rotatable bonds is 8. The average Bonchev–Trinajstić information content (AvgIpc) is 3.05. The van der Waals surface area contributed by atoms with Gasteiger partial charge in [-0.3, -0.25) is 4.79 Å². The molecule has 10 atom stereocenters. The Kier molecular flexibility index (Phi) is 9.54. The molecule has 4 aliphatic heterocycles. The molecule has 4 heterocycles. The van der Waals surface area contributed by atoms with Crippen LogP contribution in [0.5, 0.6) is 0 Å². The highest BCUT2D eigenvalue weighted by atomic mass is 16.6. The van der Waals surface area contributed by atoms with E-state index in [0.29, 0.717) is 32.1 Å². The molecule has 0 unspecified atom stereocenters. The van der Waals surface area contributed by atoms with Crippen molar-refractivity contribution in [3.05, 3.63) is 37.0 Å². The maximum Gasteiger partial charge on any atom is 0.302 e. The summed E-state index contributed by atoms with van der Waals surface area (Å²) in [6.45, 7) is 13.2. The van der Waals surface area contributed by atoms with Crippen LogP contribution in [0.2, 0.25) is 0 Å². The number of esters is 1. The number of hydrogen-bond acceptors (Lipinski definition) is 8. The predicted molar refractivity (Wildman–Crippen MR) is 143 cm³/mol. The predicted octanol–water partition coefficient (Wildman–Crippen LogP) is 3.93. The normalized spacial score (nSPS) is 43.2. The quantitative estimate of drug-likeness (QED) is 0.274. The van der Waals surface area contributed by atoms with Crippen molar-refractivity contribution < 1.29 is 38.7 Å². The van der Waals surface area contributed by atoms with Crippen molar-refractivity contribution in [3.8, 4) is 0 Å². The third-order valence-corrected chi connectivity index (χ3v) is 8.66. The van der Waals surface area contributed by atoms with Gasteiger partial charge < -0.3 is 33.9 Å². The van der Waals surface area contributed by atoms with Gasteiger partial charge in [-0.2, -0.15) is 0 Å². The fraction of sp³-hybridized carbons (Fsp3) is 0.767. The zero-order valence-corrected chi connectivity index (χ0v) is 23.2. The van der Waals surface area contributed by atoms with Gasteiger partial charge in [-0.25, -0.2) is 0 Å². The number of carbonyl (C=O) groups excluding carboxylic acids is 1. The molecule has 8 heteroatoms. The average molecular weight is 535 g/mol. The Morgan fingerprint density at radius 3 is 2.58 bits per heavy atom. The van der Waals surface area contributed by atoms with Crippen molar-refractivity contribution in [1.82, 2.24) is 0 Å². The highest BCUT2D eigenvalue weighted by Gasteiger charge is 2.55. The fourth-order valence-electron chi connectivity index (χ4n) is 6.45. The summed E-state index contributed by atoms with van der Waals surface area (Å²) in [6.07, 6.45) is 9.24. The van der Waals surface area contributed by atoms with E-state index in [2.05, 4.69) is 20.1 Å². The second-order valence-corrected chi connectivity index (χ2v) is 12.0. The molecule has 4 fully saturated rings. The molecule has 0 spiro atoms. The molecular formula is C30H46O8. The minimum absolute atomic E-state index is 0.131. The van der Waals surface area contributed by atoms with Gasteiger partial charge >= 0.3 is 5.97 Å². The molecule has 0 aromatic rings. The van der Waals surface area contributed by atoms with Gasteiger partial charge in [0.2, 0.25) is 0 Å². The van der Waals surface area contributed by atoms with E-state index in [1.54, 1.807) is 6.08 Å². The fourth-order valence-corrected chi connectivity index (χ4v) is 6.45. The summed E-state index contributed by atoms with van der Waals surface area (Å²) in [5.41, 5.74) is -0.728. The number of carbonyl (C=O) groups is 1. The Labute approximate surface area is 227 Å². The lowest BCUT2D eigenvalue weighted by atomic mass is 9.81. The van der Waals surface area contributed by atoms with Gasteiger partial charge in [0, 0.05) is 19.8 Å². The van der Waals surface area contributed by atoms with Gasteiger partial charge in [0.05, 0.1) is 53.9 Å². The van der Waals surface area contributed by atoms with Crippen LogP contribution in [0.25, 0.3) is 0 Å². The van der Waals surface area contributed by atoms with Gasteiger partial charge in [-0.15, -0.1) is 0 Å². The minimum Gasteiger partial charge on any atom is -0.461 e. The van der Waals surface area contributed by atoms with Crippen LogP contribution in [0.15, 0.2) is 37.0 Å². The van der Waals surface area contributed by atoms with Gasteiger partial charge in [-0.05, 0) is 64.4 Å². The number of ether oxygens (including phenoxy) is 5. The molecule has 0 aromatic carbocycles. The SMILES string of the molecule is C=C/C=C\CC[C@H]1O[C@H]2CC[C@@]3(C)O[C@H]4[C@@H](O)C[C@@H](CC(=C)COC(C)=O)O[C@@H]4C[C@@H]3O[C@@H]2CC[C@]1(C)O. The first kappa shape index (κ1) is 29.4. The highest BCUT2D eigenvalue weighted by molar-refractivity contribution is 5.66. The van der Waals surface area contributed by atoms with E-state index in [1.807, 2.05) is 19.1 Å². The van der Waals surface area contributed by atoms with Crippen molar-refractivity contribution in [2.75, 3.05) is 6.61 Å². The lowest BCUT2D eigenvalue weighted by molar-refractivity contribution is -0.291. The Bertz CT molecular complexity index is 883. The first-order valence-corrected chi connectivity index (χ1v) is 14.1. The smallest absolute Gasteiger partial charge is 0.302 e. The van der Waals surface area contributed by atoms with Gasteiger partial charge in [0.25, 0.3) is 0 Å². The van der Waals surface area contributed by atoms with Crippen molar-refractivity contribution in [2.45, 2.75) is 139 Å². The third kappa shape index (κ3) is 6.95. The van der Waals surface area contributed by atoms with Crippen molar-refractivity contribution in [2.24, 2.45) is 0 Å². The van der Waals surface area contributed by atoms with Crippen LogP contribution < -0.4 is 0 Å². The number of aliphatic hydroxyl groups excluding tert-OH is 1. The molecule has 2 N–H and O–H groups in total. The second-order valence-electron chi connectivity index (χ2n) is 12.0. The molecule has 0 bridgehead atoms. The van der Waals surface area contributed by atoms with Crippen molar-refractivity contribution >= 4 is 5.97 Å². The Morgan fingerprint density at radius 1 is 1.11 bits per heavy atom. The second kappa shape index (κ2) is 12.3. The first-order valence-electron chi connectivity index (χ1n) is 14.1. The van der Waals surface area contributed by atoms with E-state index in [1.165, 1.54) is 6.92 Å². The maximum atomic E-state index is 11.2. The number of allylic oxidation sites excluding steroid dienone is 3. The van der Waals surface area contributed by atoms with E-state index >= 15 is 0 Å². The maximum absolute atomic E-state index is 11.2. The summed E-state index contributed by atoms with van der Waals surface area (Å²) in [4.78, 5) is 11.1. The molecule has 4 rings (SSSR count). The molecule has 4 aliphatic rings. The molecule has 8 nitrogen and oxygen atoms in total. The van der Waals surface area contributed by atoms with Crippen LogP contribution in [0, 0.1) is 0 Å². The van der Waals surface area contributed by atoms with Crippen LogP contribution >= 0.6 is 0 Å². The van der Waals surface area contributed by atoms with E-state index in [9.17, 15) is 15.0 Å². The molecule has 0 amide bonds. The minimum atomic E-state index is -0.923. The summed E-state index contributed by atoms with van der Waals surface area (Å²) in [7, 11) is 0. The van der Waals surface area contributed by atoms with Crippen LogP contribution in [-0.2, 0) is 28.5 Å². The van der Waals surface area contributed by atoms with Gasteiger partial charge in [-0.1, -0.05) is 31.4 Å². The van der Waals surface area contributed by atoms with Gasteiger partial charge in [0.1, 0.15) is 12.7 Å². The largest absolute Gasteiger partial charge is 0.461 e. The Morgan fingerprint density at radius 2 is 1.84 bits per heavy atom. The number of aliphatic hydroxyl groups is 2. The number of fused-ring (bicyclic) bond motifs is 3. The topological polar surface area (TPSA) is 104 Å². The Hall–Kier alpha value is -1.55. The third-order valence-electron chi connectivity index (χ3n) is 8.66. The number of hydrogen-bond donors (Lipinski definition) is 2. The van der Waals surface area contributed by atoms with Crippen molar-refractivity contribution in [3.63, 3.8) is 0 Å². The summed E-state index contributed by atoms with van der Waals surface area (Å²) >= 11 is 0. The molecular weight excluding hydrogens is 488 g/mol. The summed E-state index contributed by atoms with van der Waals surface area (Å²) < 4.78 is 31.3.